The van der Waals surface area contributed by atoms with Crippen molar-refractivity contribution < 1.29 is 0 Å². The first-order chi connectivity index (χ1) is 10.3. The van der Waals surface area contributed by atoms with Crippen LogP contribution in [-0.2, 0) is 0 Å². The summed E-state index contributed by atoms with van der Waals surface area (Å²) in [6, 6.07) is 12.3. The molecule has 1 aromatic rings. The Morgan fingerprint density at radius 2 is 2.00 bits per heavy atom. The first-order valence-electron chi connectivity index (χ1n) is 8.51. The number of hydrogen-bond donors (Lipinski definition) is 1. The zero-order valence-corrected chi connectivity index (χ0v) is 13.2. The van der Waals surface area contributed by atoms with E-state index in [4.69, 9.17) is 0 Å². The van der Waals surface area contributed by atoms with E-state index >= 15 is 0 Å². The van der Waals surface area contributed by atoms with Crippen molar-refractivity contribution in [3.05, 3.63) is 41.5 Å². The van der Waals surface area contributed by atoms with Crippen molar-refractivity contribution in [2.45, 2.75) is 51.1 Å². The fourth-order valence-electron chi connectivity index (χ4n) is 3.60. The molecule has 0 radical (unpaired) electrons. The third-order valence-corrected chi connectivity index (χ3v) is 4.96. The van der Waals surface area contributed by atoms with Crippen molar-refractivity contribution in [2.24, 2.45) is 0 Å². The molecule has 1 atom stereocenters. The number of rotatable bonds is 6. The Bertz CT molecular complexity index is 462. The van der Waals surface area contributed by atoms with Crippen LogP contribution in [0.25, 0.3) is 6.08 Å². The Hall–Kier alpha value is -1.12. The average Bonchev–Trinajstić information content (AvgIpc) is 2.86. The van der Waals surface area contributed by atoms with Gasteiger partial charge in [-0.25, -0.2) is 0 Å². The zero-order chi connectivity index (χ0) is 14.5. The van der Waals surface area contributed by atoms with E-state index in [-0.39, 0.29) is 0 Å². The molecule has 1 saturated carbocycles. The first kappa shape index (κ1) is 14.8. The third kappa shape index (κ3) is 3.96. The fraction of sp³-hybridized carbons (Fsp3) is 0.579. The predicted molar refractivity (Wildman–Crippen MR) is 90.3 cm³/mol. The molecule has 1 N–H and O–H groups in total. The molecule has 0 spiro atoms. The van der Waals surface area contributed by atoms with Crippen LogP contribution in [0, 0.1) is 0 Å². The molecule has 1 aliphatic heterocycles. The number of likely N-dealkylation sites (tertiary alicyclic amines) is 1. The molecule has 2 heteroatoms. The summed E-state index contributed by atoms with van der Waals surface area (Å²) in [6.07, 6.45) is 9.37. The van der Waals surface area contributed by atoms with Crippen LogP contribution >= 0.6 is 0 Å². The van der Waals surface area contributed by atoms with Crippen LogP contribution in [-0.4, -0.2) is 36.6 Å². The Labute approximate surface area is 129 Å². The molecular formula is C19H28N2. The van der Waals surface area contributed by atoms with Crippen molar-refractivity contribution in [1.82, 2.24) is 10.2 Å². The molecule has 1 heterocycles. The standard InChI is InChI=1S/C19H28N2/c1-16(13-17-7-3-2-4-8-17)14-20-15-19-11-6-12-21(19)18-9-5-10-18/h2-4,7-8,13,18-20H,5-6,9-12,14-15H2,1H3/b16-13+/t19-/m0/s1. The lowest BCUT2D eigenvalue weighted by Gasteiger charge is -2.38. The van der Waals surface area contributed by atoms with Gasteiger partial charge in [-0.1, -0.05) is 48.4 Å². The molecule has 114 valence electrons. The number of hydrogen-bond acceptors (Lipinski definition) is 2. The van der Waals surface area contributed by atoms with Crippen molar-refractivity contribution in [2.75, 3.05) is 19.6 Å². The van der Waals surface area contributed by atoms with E-state index in [0.29, 0.717) is 0 Å². The van der Waals surface area contributed by atoms with Gasteiger partial charge >= 0.3 is 0 Å². The van der Waals surface area contributed by atoms with E-state index in [2.05, 4.69) is 53.5 Å². The first-order valence-corrected chi connectivity index (χ1v) is 8.51. The van der Waals surface area contributed by atoms with E-state index < -0.39 is 0 Å². The quantitative estimate of drug-likeness (QED) is 0.857. The SMILES string of the molecule is C/C(=C\c1ccccc1)CNC[C@@H]1CCCN1C1CCC1. The Morgan fingerprint density at radius 3 is 2.71 bits per heavy atom. The van der Waals surface area contributed by atoms with Crippen molar-refractivity contribution >= 4 is 6.08 Å². The van der Waals surface area contributed by atoms with Gasteiger partial charge in [-0.2, -0.15) is 0 Å². The minimum Gasteiger partial charge on any atom is -0.311 e. The smallest absolute Gasteiger partial charge is 0.0224 e. The van der Waals surface area contributed by atoms with Crippen molar-refractivity contribution in [1.29, 1.82) is 0 Å². The van der Waals surface area contributed by atoms with E-state index in [0.717, 1.165) is 25.2 Å². The van der Waals surface area contributed by atoms with E-state index in [1.807, 2.05) is 0 Å². The minimum atomic E-state index is 0.778. The highest BCUT2D eigenvalue weighted by Crippen LogP contribution is 2.30. The Kier molecular flexibility index (Phi) is 5.10. The lowest BCUT2D eigenvalue weighted by molar-refractivity contribution is 0.113. The monoisotopic (exact) mass is 284 g/mol. The van der Waals surface area contributed by atoms with Gasteiger partial charge in [0.05, 0.1) is 0 Å². The summed E-state index contributed by atoms with van der Waals surface area (Å²) >= 11 is 0. The summed E-state index contributed by atoms with van der Waals surface area (Å²) < 4.78 is 0. The molecule has 1 aromatic carbocycles. The van der Waals surface area contributed by atoms with Crippen LogP contribution in [0.5, 0.6) is 0 Å². The van der Waals surface area contributed by atoms with Gasteiger partial charge in [-0.3, -0.25) is 4.90 Å². The highest BCUT2D eigenvalue weighted by Gasteiger charge is 2.33. The minimum absolute atomic E-state index is 0.778. The summed E-state index contributed by atoms with van der Waals surface area (Å²) in [6.45, 7) is 5.70. The molecular weight excluding hydrogens is 256 g/mol. The maximum atomic E-state index is 3.67. The third-order valence-electron chi connectivity index (χ3n) is 4.96. The molecule has 3 rings (SSSR count). The van der Waals surface area contributed by atoms with Crippen LogP contribution in [0.15, 0.2) is 35.9 Å². The van der Waals surface area contributed by atoms with E-state index in [9.17, 15) is 0 Å². The van der Waals surface area contributed by atoms with Crippen LogP contribution in [0.2, 0.25) is 0 Å². The van der Waals surface area contributed by atoms with Gasteiger partial charge < -0.3 is 5.32 Å². The summed E-state index contributed by atoms with van der Waals surface area (Å²) in [7, 11) is 0. The van der Waals surface area contributed by atoms with Gasteiger partial charge in [0.2, 0.25) is 0 Å². The number of benzene rings is 1. The Morgan fingerprint density at radius 1 is 1.19 bits per heavy atom. The molecule has 1 saturated heterocycles. The van der Waals surface area contributed by atoms with Crippen LogP contribution in [0.1, 0.15) is 44.6 Å². The molecule has 0 bridgehead atoms. The summed E-state index contributed by atoms with van der Waals surface area (Å²) in [5.74, 6) is 0. The maximum absolute atomic E-state index is 3.67. The highest BCUT2D eigenvalue weighted by atomic mass is 15.2. The summed E-state index contributed by atoms with van der Waals surface area (Å²) in [4.78, 5) is 2.77. The number of nitrogens with one attached hydrogen (secondary N) is 1. The molecule has 2 aliphatic rings. The second kappa shape index (κ2) is 7.24. The molecule has 1 aliphatic carbocycles. The maximum Gasteiger partial charge on any atom is 0.0224 e. The normalized spacial score (nSPS) is 24.2. The van der Waals surface area contributed by atoms with Crippen molar-refractivity contribution in [3.63, 3.8) is 0 Å². The highest BCUT2D eigenvalue weighted by molar-refractivity contribution is 5.52. The summed E-state index contributed by atoms with van der Waals surface area (Å²) in [5, 5.41) is 3.67. The summed E-state index contributed by atoms with van der Waals surface area (Å²) in [5.41, 5.74) is 2.71. The second-order valence-electron chi connectivity index (χ2n) is 6.65. The van der Waals surface area contributed by atoms with Gasteiger partial charge in [-0.15, -0.1) is 0 Å². The Balaban J connectivity index is 1.44. The second-order valence-corrected chi connectivity index (χ2v) is 6.65. The van der Waals surface area contributed by atoms with Gasteiger partial charge in [-0.05, 0) is 44.7 Å². The van der Waals surface area contributed by atoms with E-state index in [1.54, 1.807) is 0 Å². The van der Waals surface area contributed by atoms with Crippen LogP contribution < -0.4 is 5.32 Å². The molecule has 0 amide bonds. The lowest BCUT2D eigenvalue weighted by atomic mass is 9.91. The number of nitrogens with zero attached hydrogens (tertiary/aromatic N) is 1. The zero-order valence-electron chi connectivity index (χ0n) is 13.2. The van der Waals surface area contributed by atoms with Gasteiger partial charge in [0, 0.05) is 25.2 Å². The fourth-order valence-corrected chi connectivity index (χ4v) is 3.60. The lowest BCUT2D eigenvalue weighted by Crippen LogP contribution is -2.47. The predicted octanol–water partition coefficient (Wildman–Crippen LogP) is 3.70. The van der Waals surface area contributed by atoms with Crippen LogP contribution in [0.4, 0.5) is 0 Å². The molecule has 0 aromatic heterocycles. The van der Waals surface area contributed by atoms with Gasteiger partial charge in [0.1, 0.15) is 0 Å². The largest absolute Gasteiger partial charge is 0.311 e. The molecule has 2 fully saturated rings. The molecule has 2 nitrogen and oxygen atoms in total. The van der Waals surface area contributed by atoms with Gasteiger partial charge in [0.25, 0.3) is 0 Å². The van der Waals surface area contributed by atoms with E-state index in [1.165, 1.54) is 49.8 Å². The van der Waals surface area contributed by atoms with Crippen LogP contribution in [0.3, 0.4) is 0 Å². The molecule has 0 unspecified atom stereocenters. The molecule has 21 heavy (non-hydrogen) atoms. The average molecular weight is 284 g/mol. The van der Waals surface area contributed by atoms with Gasteiger partial charge in [0.15, 0.2) is 0 Å². The van der Waals surface area contributed by atoms with Crippen molar-refractivity contribution in [3.8, 4) is 0 Å². The topological polar surface area (TPSA) is 15.3 Å².